The topological polar surface area (TPSA) is 109 Å². The van der Waals surface area contributed by atoms with Gasteiger partial charge in [-0.05, 0) is 62.4 Å². The normalized spacial score (nSPS) is 10.9. The fourth-order valence-electron chi connectivity index (χ4n) is 3.34. The number of aromatic nitrogens is 4. The molecule has 9 heteroatoms. The maximum absolute atomic E-state index is 13.4. The third kappa shape index (κ3) is 3.89. The largest absolute Gasteiger partial charge is 0.494 e. The molecular formula is C22H24N6O3. The smallest absolute Gasteiger partial charge is 0.272 e. The molecule has 0 saturated heterocycles. The molecule has 31 heavy (non-hydrogen) atoms. The average Bonchev–Trinajstić information content (AvgIpc) is 3.04. The number of hydrogen-bond acceptors (Lipinski definition) is 7. The van der Waals surface area contributed by atoms with Crippen LogP contribution in [0.25, 0.3) is 16.7 Å². The van der Waals surface area contributed by atoms with Gasteiger partial charge in [-0.3, -0.25) is 4.79 Å². The first-order valence-electron chi connectivity index (χ1n) is 10.00. The van der Waals surface area contributed by atoms with Gasteiger partial charge >= 0.3 is 0 Å². The Labute approximate surface area is 179 Å². The molecule has 160 valence electrons. The molecule has 3 N–H and O–H groups in total. The lowest BCUT2D eigenvalue weighted by atomic mass is 10.2. The summed E-state index contributed by atoms with van der Waals surface area (Å²) < 4.78 is 14.0. The van der Waals surface area contributed by atoms with Gasteiger partial charge in [0, 0.05) is 12.7 Å². The van der Waals surface area contributed by atoms with E-state index >= 15 is 0 Å². The minimum Gasteiger partial charge on any atom is -0.494 e. The Kier molecular flexibility index (Phi) is 5.48. The van der Waals surface area contributed by atoms with E-state index in [0.29, 0.717) is 30.5 Å². The van der Waals surface area contributed by atoms with Crippen molar-refractivity contribution in [2.24, 2.45) is 7.05 Å². The lowest BCUT2D eigenvalue weighted by Gasteiger charge is -2.15. The second-order valence-corrected chi connectivity index (χ2v) is 6.79. The summed E-state index contributed by atoms with van der Waals surface area (Å²) in [5.41, 5.74) is 7.46. The van der Waals surface area contributed by atoms with E-state index in [1.807, 2.05) is 50.2 Å². The number of rotatable bonds is 7. The van der Waals surface area contributed by atoms with Crippen LogP contribution in [0, 0.1) is 0 Å². The van der Waals surface area contributed by atoms with E-state index in [9.17, 15) is 4.79 Å². The third-order valence-corrected chi connectivity index (χ3v) is 4.71. The summed E-state index contributed by atoms with van der Waals surface area (Å²) in [6.07, 6.45) is 0. The van der Waals surface area contributed by atoms with Gasteiger partial charge in [0.25, 0.3) is 5.56 Å². The van der Waals surface area contributed by atoms with Crippen molar-refractivity contribution in [3.63, 3.8) is 0 Å². The van der Waals surface area contributed by atoms with Crippen molar-refractivity contribution in [3.8, 4) is 17.2 Å². The second-order valence-electron chi connectivity index (χ2n) is 6.79. The highest BCUT2D eigenvalue weighted by Gasteiger charge is 2.19. The second kappa shape index (κ2) is 8.39. The minimum absolute atomic E-state index is 0.141. The Balaban J connectivity index is 1.85. The fourth-order valence-corrected chi connectivity index (χ4v) is 3.34. The summed E-state index contributed by atoms with van der Waals surface area (Å²) in [6, 6.07) is 14.7. The number of anilines is 3. The van der Waals surface area contributed by atoms with Crippen LogP contribution < -0.4 is 26.1 Å². The molecule has 2 aromatic heterocycles. The van der Waals surface area contributed by atoms with Crippen molar-refractivity contribution in [2.45, 2.75) is 13.8 Å². The summed E-state index contributed by atoms with van der Waals surface area (Å²) in [5, 5.41) is 7.66. The lowest BCUT2D eigenvalue weighted by molar-refractivity contribution is 0.340. The van der Waals surface area contributed by atoms with Crippen LogP contribution in [0.3, 0.4) is 0 Å². The maximum atomic E-state index is 13.4. The van der Waals surface area contributed by atoms with Gasteiger partial charge in [-0.25, -0.2) is 9.25 Å². The number of nitrogens with one attached hydrogen (secondary N) is 1. The Morgan fingerprint density at radius 1 is 0.968 bits per heavy atom. The van der Waals surface area contributed by atoms with Crippen LogP contribution in [0.1, 0.15) is 13.8 Å². The number of nitrogens with zero attached hydrogens (tertiary/aromatic N) is 4. The maximum Gasteiger partial charge on any atom is 0.272 e. The molecule has 0 atom stereocenters. The zero-order chi connectivity index (χ0) is 22.0. The predicted molar refractivity (Wildman–Crippen MR) is 121 cm³/mol. The van der Waals surface area contributed by atoms with Gasteiger partial charge in [0.15, 0.2) is 11.5 Å². The molecule has 4 rings (SSSR count). The zero-order valence-electron chi connectivity index (χ0n) is 17.6. The van der Waals surface area contributed by atoms with Crippen LogP contribution in [0.15, 0.2) is 53.3 Å². The van der Waals surface area contributed by atoms with Crippen molar-refractivity contribution < 1.29 is 9.47 Å². The number of hydrogen-bond donors (Lipinski definition) is 2. The molecule has 0 unspecified atom stereocenters. The number of fused-ring (bicyclic) bond motifs is 1. The molecule has 0 bridgehead atoms. The molecule has 2 heterocycles. The van der Waals surface area contributed by atoms with Gasteiger partial charge in [0.2, 0.25) is 5.95 Å². The SMILES string of the molecule is CCOc1ccc(Nc2nc3c(c(N)nn3C)c(=O)n2-c2ccc(OCC)cc2)cc1. The van der Waals surface area contributed by atoms with Crippen molar-refractivity contribution in [2.75, 3.05) is 24.3 Å². The Morgan fingerprint density at radius 3 is 2.13 bits per heavy atom. The van der Waals surface area contributed by atoms with Gasteiger partial charge in [-0.2, -0.15) is 10.1 Å². The Hall–Kier alpha value is -4.01. The van der Waals surface area contributed by atoms with E-state index in [0.717, 1.165) is 17.2 Å². The molecule has 0 fully saturated rings. The summed E-state index contributed by atoms with van der Waals surface area (Å²) >= 11 is 0. The van der Waals surface area contributed by atoms with Crippen LogP contribution in [-0.2, 0) is 7.05 Å². The first kappa shape index (κ1) is 20.3. The monoisotopic (exact) mass is 420 g/mol. The van der Waals surface area contributed by atoms with E-state index in [2.05, 4.69) is 15.4 Å². The van der Waals surface area contributed by atoms with E-state index in [4.69, 9.17) is 15.2 Å². The molecular weight excluding hydrogens is 396 g/mol. The molecule has 0 aliphatic rings. The summed E-state index contributed by atoms with van der Waals surface area (Å²) in [6.45, 7) is 4.99. The van der Waals surface area contributed by atoms with Crippen molar-refractivity contribution >= 4 is 28.5 Å². The summed E-state index contributed by atoms with van der Waals surface area (Å²) in [7, 11) is 1.70. The van der Waals surface area contributed by atoms with Gasteiger partial charge in [-0.15, -0.1) is 0 Å². The Bertz CT molecular complexity index is 1260. The van der Waals surface area contributed by atoms with E-state index < -0.39 is 0 Å². The highest BCUT2D eigenvalue weighted by molar-refractivity contribution is 5.87. The van der Waals surface area contributed by atoms with Crippen molar-refractivity contribution in [1.82, 2.24) is 19.3 Å². The highest BCUT2D eigenvalue weighted by Crippen LogP contribution is 2.24. The van der Waals surface area contributed by atoms with E-state index in [-0.39, 0.29) is 16.8 Å². The summed E-state index contributed by atoms with van der Waals surface area (Å²) in [5.74, 6) is 1.96. The number of aryl methyl sites for hydroxylation is 1. The fraction of sp³-hybridized carbons (Fsp3) is 0.227. The standard InChI is InChI=1S/C22H24N6O3/c1-4-30-16-10-6-14(7-11-16)24-22-25-20-18(19(23)26-27(20)3)21(29)28(22)15-8-12-17(13-9-15)31-5-2/h6-13H,4-5H2,1-3H3,(H2,23,26)(H,24,25). The first-order valence-corrected chi connectivity index (χ1v) is 10.00. The van der Waals surface area contributed by atoms with Gasteiger partial charge in [-0.1, -0.05) is 0 Å². The predicted octanol–water partition coefficient (Wildman–Crippen LogP) is 3.24. The molecule has 9 nitrogen and oxygen atoms in total. The van der Waals surface area contributed by atoms with Crippen LogP contribution in [0.2, 0.25) is 0 Å². The zero-order valence-corrected chi connectivity index (χ0v) is 17.6. The molecule has 0 aliphatic carbocycles. The van der Waals surface area contributed by atoms with E-state index in [1.54, 1.807) is 19.2 Å². The van der Waals surface area contributed by atoms with Crippen molar-refractivity contribution in [1.29, 1.82) is 0 Å². The Morgan fingerprint density at radius 2 is 1.55 bits per heavy atom. The third-order valence-electron chi connectivity index (χ3n) is 4.71. The lowest BCUT2D eigenvalue weighted by Crippen LogP contribution is -2.23. The van der Waals surface area contributed by atoms with E-state index in [1.165, 1.54) is 9.25 Å². The first-order chi connectivity index (χ1) is 15.0. The van der Waals surface area contributed by atoms with Gasteiger partial charge in [0.1, 0.15) is 16.9 Å². The minimum atomic E-state index is -0.312. The highest BCUT2D eigenvalue weighted by atomic mass is 16.5. The van der Waals surface area contributed by atoms with Gasteiger partial charge in [0.05, 0.1) is 18.9 Å². The molecule has 0 amide bonds. The van der Waals surface area contributed by atoms with Crippen LogP contribution in [0.5, 0.6) is 11.5 Å². The molecule has 4 aromatic rings. The number of ether oxygens (including phenoxy) is 2. The van der Waals surface area contributed by atoms with Gasteiger partial charge < -0.3 is 20.5 Å². The van der Waals surface area contributed by atoms with Crippen LogP contribution >= 0.6 is 0 Å². The molecule has 0 spiro atoms. The number of nitrogen functional groups attached to an aromatic ring is 1. The molecule has 0 radical (unpaired) electrons. The number of nitrogens with two attached hydrogens (primary N) is 1. The van der Waals surface area contributed by atoms with Crippen molar-refractivity contribution in [3.05, 3.63) is 58.9 Å². The van der Waals surface area contributed by atoms with Crippen LogP contribution in [-0.4, -0.2) is 32.5 Å². The molecule has 2 aromatic carbocycles. The summed E-state index contributed by atoms with van der Waals surface area (Å²) in [4.78, 5) is 18.1. The molecule has 0 aliphatic heterocycles. The number of benzene rings is 2. The molecule has 0 saturated carbocycles. The quantitative estimate of drug-likeness (QED) is 0.472. The average molecular weight is 420 g/mol. The van der Waals surface area contributed by atoms with Crippen LogP contribution in [0.4, 0.5) is 17.5 Å².